The molecular weight excluding hydrogens is 296 g/mol. The predicted molar refractivity (Wildman–Crippen MR) is 91.5 cm³/mol. The van der Waals surface area contributed by atoms with E-state index in [1.54, 1.807) is 0 Å². The lowest BCUT2D eigenvalue weighted by Gasteiger charge is -2.16. The van der Waals surface area contributed by atoms with Crippen LogP contribution in [0.1, 0.15) is 43.6 Å². The van der Waals surface area contributed by atoms with E-state index in [0.29, 0.717) is 11.7 Å². The second kappa shape index (κ2) is 7.40. The minimum atomic E-state index is 0.124. The highest BCUT2D eigenvalue weighted by Gasteiger charge is 2.13. The molecule has 0 bridgehead atoms. The van der Waals surface area contributed by atoms with E-state index in [2.05, 4.69) is 48.5 Å². The van der Waals surface area contributed by atoms with Gasteiger partial charge in [0.2, 0.25) is 0 Å². The third kappa shape index (κ3) is 3.85. The molecule has 0 spiro atoms. The average molecular weight is 320 g/mol. The summed E-state index contributed by atoms with van der Waals surface area (Å²) in [7, 11) is 0. The maximum absolute atomic E-state index is 5.37. The van der Waals surface area contributed by atoms with Crippen LogP contribution in [-0.2, 0) is 19.6 Å². The molecule has 1 atom stereocenters. The van der Waals surface area contributed by atoms with Crippen molar-refractivity contribution in [3.63, 3.8) is 0 Å². The van der Waals surface area contributed by atoms with Crippen molar-refractivity contribution in [2.45, 2.75) is 53.4 Å². The molecule has 2 rings (SSSR count). The highest BCUT2D eigenvalue weighted by Crippen LogP contribution is 2.16. The minimum Gasteiger partial charge on any atom is -0.359 e. The Morgan fingerprint density at radius 3 is 2.64 bits per heavy atom. The first-order valence-corrected chi connectivity index (χ1v) is 8.04. The van der Waals surface area contributed by atoms with Gasteiger partial charge in [-0.05, 0) is 39.9 Å². The molecule has 2 heterocycles. The van der Waals surface area contributed by atoms with E-state index < -0.39 is 0 Å². The Bertz CT molecular complexity index is 630. The molecule has 2 N–H and O–H groups in total. The highest BCUT2D eigenvalue weighted by molar-refractivity contribution is 7.80. The molecule has 0 aliphatic heterocycles. The Kier molecular flexibility index (Phi) is 5.54. The van der Waals surface area contributed by atoms with Gasteiger partial charge in [-0.25, -0.2) is 0 Å². The molecule has 2 aromatic rings. The molecule has 22 heavy (non-hydrogen) atoms. The van der Waals surface area contributed by atoms with E-state index in [-0.39, 0.29) is 6.04 Å². The summed E-state index contributed by atoms with van der Waals surface area (Å²) in [6.45, 7) is 10.8. The Balaban J connectivity index is 1.86. The molecule has 0 aliphatic rings. The number of nitrogens with zero attached hydrogens (tertiary/aromatic N) is 4. The van der Waals surface area contributed by atoms with Crippen LogP contribution in [0, 0.1) is 6.92 Å². The van der Waals surface area contributed by atoms with Crippen molar-refractivity contribution in [2.75, 3.05) is 0 Å². The molecule has 1 unspecified atom stereocenters. The quantitative estimate of drug-likeness (QED) is 0.799. The van der Waals surface area contributed by atoms with Gasteiger partial charge in [0, 0.05) is 42.7 Å². The topological polar surface area (TPSA) is 59.7 Å². The summed E-state index contributed by atoms with van der Waals surface area (Å²) >= 11 is 5.37. The van der Waals surface area contributed by atoms with Gasteiger partial charge >= 0.3 is 0 Å². The largest absolute Gasteiger partial charge is 0.359 e. The SMILES string of the molecule is CCn1cc(CNC(=S)NC(C)c2cnn(CC)c2C)cn1. The first-order chi connectivity index (χ1) is 10.5. The lowest BCUT2D eigenvalue weighted by Crippen LogP contribution is -2.36. The van der Waals surface area contributed by atoms with Crippen molar-refractivity contribution in [3.8, 4) is 0 Å². The molecule has 0 aliphatic carbocycles. The molecule has 6 nitrogen and oxygen atoms in total. The van der Waals surface area contributed by atoms with Crippen molar-refractivity contribution in [3.05, 3.63) is 35.4 Å². The second-order valence-corrected chi connectivity index (χ2v) is 5.66. The standard InChI is InChI=1S/C15H24N6S/c1-5-20-10-13(8-17-20)7-16-15(22)19-11(3)14-9-18-21(6-2)12(14)4/h8-11H,5-7H2,1-4H3,(H2,16,19,22). The van der Waals surface area contributed by atoms with Crippen LogP contribution < -0.4 is 10.6 Å². The van der Waals surface area contributed by atoms with Gasteiger partial charge in [-0.1, -0.05) is 0 Å². The molecule has 7 heteroatoms. The zero-order chi connectivity index (χ0) is 16.1. The highest BCUT2D eigenvalue weighted by atomic mass is 32.1. The van der Waals surface area contributed by atoms with Crippen molar-refractivity contribution < 1.29 is 0 Å². The van der Waals surface area contributed by atoms with Gasteiger partial charge in [0.05, 0.1) is 18.4 Å². The number of hydrogen-bond donors (Lipinski definition) is 2. The number of rotatable bonds is 6. The molecule has 2 aromatic heterocycles. The number of thiocarbonyl (C=S) groups is 1. The van der Waals surface area contributed by atoms with Crippen LogP contribution in [0.5, 0.6) is 0 Å². The summed E-state index contributed by atoms with van der Waals surface area (Å²) in [5, 5.41) is 15.8. The molecule has 0 fully saturated rings. The zero-order valence-corrected chi connectivity index (χ0v) is 14.4. The molecule has 0 radical (unpaired) electrons. The Morgan fingerprint density at radius 1 is 1.27 bits per heavy atom. The monoisotopic (exact) mass is 320 g/mol. The van der Waals surface area contributed by atoms with E-state index in [1.807, 2.05) is 28.0 Å². The summed E-state index contributed by atoms with van der Waals surface area (Å²) in [5.41, 5.74) is 3.47. The number of hydrogen-bond acceptors (Lipinski definition) is 3. The third-order valence-corrected chi connectivity index (χ3v) is 3.98. The van der Waals surface area contributed by atoms with Gasteiger partial charge in [0.15, 0.2) is 5.11 Å². The van der Waals surface area contributed by atoms with Gasteiger partial charge in [0.25, 0.3) is 0 Å². The van der Waals surface area contributed by atoms with Crippen LogP contribution in [0.3, 0.4) is 0 Å². The lowest BCUT2D eigenvalue weighted by atomic mass is 10.1. The normalized spacial score (nSPS) is 12.2. The summed E-state index contributed by atoms with van der Waals surface area (Å²) in [6, 6.07) is 0.124. The Morgan fingerprint density at radius 2 is 2.05 bits per heavy atom. The molecule has 0 saturated heterocycles. The van der Waals surface area contributed by atoms with Gasteiger partial charge in [-0.2, -0.15) is 10.2 Å². The number of nitrogens with one attached hydrogen (secondary N) is 2. The Hall–Kier alpha value is -1.89. The van der Waals surface area contributed by atoms with Crippen molar-refractivity contribution in [1.29, 1.82) is 0 Å². The Labute approximate surface area is 136 Å². The van der Waals surface area contributed by atoms with Gasteiger partial charge in [0.1, 0.15) is 0 Å². The van der Waals surface area contributed by atoms with Crippen LogP contribution in [0.2, 0.25) is 0 Å². The fraction of sp³-hybridized carbons (Fsp3) is 0.533. The molecular formula is C15H24N6S. The summed E-state index contributed by atoms with van der Waals surface area (Å²) in [6.07, 6.45) is 5.79. The molecule has 0 amide bonds. The second-order valence-electron chi connectivity index (χ2n) is 5.25. The van der Waals surface area contributed by atoms with Crippen molar-refractivity contribution in [1.82, 2.24) is 30.2 Å². The van der Waals surface area contributed by atoms with Crippen molar-refractivity contribution in [2.24, 2.45) is 0 Å². The van der Waals surface area contributed by atoms with Gasteiger partial charge < -0.3 is 10.6 Å². The van der Waals surface area contributed by atoms with Crippen LogP contribution in [0.4, 0.5) is 0 Å². The average Bonchev–Trinajstić information content (AvgIpc) is 3.11. The van der Waals surface area contributed by atoms with Crippen LogP contribution >= 0.6 is 12.2 Å². The van der Waals surface area contributed by atoms with E-state index in [1.165, 1.54) is 11.3 Å². The molecule has 120 valence electrons. The molecule has 0 aromatic carbocycles. The fourth-order valence-corrected chi connectivity index (χ4v) is 2.63. The minimum absolute atomic E-state index is 0.124. The van der Waals surface area contributed by atoms with E-state index in [9.17, 15) is 0 Å². The smallest absolute Gasteiger partial charge is 0.167 e. The maximum atomic E-state index is 5.37. The van der Waals surface area contributed by atoms with Crippen LogP contribution in [0.15, 0.2) is 18.6 Å². The van der Waals surface area contributed by atoms with Gasteiger partial charge in [-0.15, -0.1) is 0 Å². The number of aryl methyl sites for hydroxylation is 2. The first-order valence-electron chi connectivity index (χ1n) is 7.63. The first kappa shape index (κ1) is 16.5. The fourth-order valence-electron chi connectivity index (χ4n) is 2.38. The molecule has 0 saturated carbocycles. The van der Waals surface area contributed by atoms with Gasteiger partial charge in [-0.3, -0.25) is 9.36 Å². The summed E-state index contributed by atoms with van der Waals surface area (Å²) in [4.78, 5) is 0. The third-order valence-electron chi connectivity index (χ3n) is 3.72. The zero-order valence-electron chi connectivity index (χ0n) is 13.6. The number of aromatic nitrogens is 4. The summed E-state index contributed by atoms with van der Waals surface area (Å²) in [5.74, 6) is 0. The van der Waals surface area contributed by atoms with Crippen LogP contribution in [0.25, 0.3) is 0 Å². The maximum Gasteiger partial charge on any atom is 0.167 e. The van der Waals surface area contributed by atoms with Crippen LogP contribution in [-0.4, -0.2) is 24.7 Å². The van der Waals surface area contributed by atoms with E-state index in [0.717, 1.165) is 18.7 Å². The van der Waals surface area contributed by atoms with E-state index in [4.69, 9.17) is 12.2 Å². The predicted octanol–water partition coefficient (Wildman–Crippen LogP) is 2.15. The van der Waals surface area contributed by atoms with E-state index >= 15 is 0 Å². The van der Waals surface area contributed by atoms with Crippen molar-refractivity contribution >= 4 is 17.3 Å². The lowest BCUT2D eigenvalue weighted by molar-refractivity contribution is 0.631. The summed E-state index contributed by atoms with van der Waals surface area (Å²) < 4.78 is 3.89.